The minimum Gasteiger partial charge on any atom is -0.756 e. The van der Waals surface area contributed by atoms with Gasteiger partial charge in [-0.05, 0) is 76.7 Å². The summed E-state index contributed by atoms with van der Waals surface area (Å²) in [5.41, 5.74) is 0. The summed E-state index contributed by atoms with van der Waals surface area (Å²) in [6, 6.07) is -0.896. The van der Waals surface area contributed by atoms with E-state index in [9.17, 15) is 19.0 Å². The number of nitrogens with zero attached hydrogens (tertiary/aromatic N) is 1. The fourth-order valence-electron chi connectivity index (χ4n) is 8.49. The molecule has 0 aliphatic heterocycles. The third-order valence-electron chi connectivity index (χ3n) is 13.2. The van der Waals surface area contributed by atoms with E-state index in [0.717, 1.165) is 103 Å². The Labute approximate surface area is 451 Å². The molecule has 3 unspecified atom stereocenters. The normalized spacial score (nSPS) is 14.2. The van der Waals surface area contributed by atoms with Crippen LogP contribution in [0.3, 0.4) is 0 Å². The molecule has 0 aromatic carbocycles. The summed E-state index contributed by atoms with van der Waals surface area (Å²) >= 11 is 0. The lowest BCUT2D eigenvalue weighted by Crippen LogP contribution is -2.47. The van der Waals surface area contributed by atoms with Crippen molar-refractivity contribution in [3.63, 3.8) is 0 Å². The van der Waals surface area contributed by atoms with Gasteiger partial charge in [-0.2, -0.15) is 0 Å². The average Bonchev–Trinajstić information content (AvgIpc) is 3.35. The van der Waals surface area contributed by atoms with E-state index in [1.165, 1.54) is 122 Å². The van der Waals surface area contributed by atoms with Crippen molar-refractivity contribution in [2.24, 2.45) is 0 Å². The molecule has 0 aromatic rings. The Morgan fingerprint density at radius 3 is 1.32 bits per heavy atom. The van der Waals surface area contributed by atoms with Gasteiger partial charge in [0.25, 0.3) is 7.82 Å². The maximum absolute atomic E-state index is 13.5. The molecule has 0 spiro atoms. The van der Waals surface area contributed by atoms with Crippen molar-refractivity contribution in [1.29, 1.82) is 0 Å². The van der Waals surface area contributed by atoms with Crippen LogP contribution in [0.25, 0.3) is 0 Å². The Balaban J connectivity index is 5.30. The summed E-state index contributed by atoms with van der Waals surface area (Å²) in [5, 5.41) is 3.02. The van der Waals surface area contributed by atoms with Crippen LogP contribution in [-0.2, 0) is 27.9 Å². The smallest absolute Gasteiger partial charge is 0.306 e. The third-order valence-corrected chi connectivity index (χ3v) is 14.1. The number of allylic oxidation sites excluding steroid dienone is 11. The number of phosphoric ester groups is 1. The van der Waals surface area contributed by atoms with Crippen molar-refractivity contribution in [1.82, 2.24) is 5.32 Å². The van der Waals surface area contributed by atoms with E-state index in [1.54, 1.807) is 0 Å². The number of amides is 1. The van der Waals surface area contributed by atoms with Gasteiger partial charge in [-0.25, -0.2) is 0 Å². The van der Waals surface area contributed by atoms with E-state index < -0.39 is 26.6 Å². The van der Waals surface area contributed by atoms with E-state index in [2.05, 4.69) is 86.8 Å². The van der Waals surface area contributed by atoms with Crippen LogP contribution >= 0.6 is 7.82 Å². The zero-order chi connectivity index (χ0) is 53.6. The molecular formula is C63H115N2O7P. The molecule has 0 aliphatic carbocycles. The van der Waals surface area contributed by atoms with Gasteiger partial charge in [0.15, 0.2) is 0 Å². The van der Waals surface area contributed by atoms with Gasteiger partial charge in [0, 0.05) is 12.8 Å². The Morgan fingerprint density at radius 2 is 0.877 bits per heavy atom. The van der Waals surface area contributed by atoms with Crippen molar-refractivity contribution in [3.05, 3.63) is 72.9 Å². The number of unbranched alkanes of at least 4 members (excludes halogenated alkanes) is 28. The molecule has 0 aromatic heterocycles. The molecule has 0 rings (SSSR count). The topological polar surface area (TPSA) is 114 Å². The number of rotatable bonds is 54. The Bertz CT molecular complexity index is 1480. The standard InChI is InChI=1S/C63H115N2O7P/c1-7-10-13-16-19-22-25-28-30-31-32-33-34-35-36-38-41-44-47-50-53-56-63(67)72-61(54-51-48-45-42-39-27-24-21-18-15-12-9-3)60(59-71-73(68,69)70-58-57-65(4,5)6)64-62(66)55-52-49-46-43-40-37-29-26-23-20-17-14-11-8-2/h10,13,19,22,28,30,32-33,35-36,51,54,60-61H,7-9,11-12,14-18,20-21,23-27,29,31,34,37-50,52-53,55-59H2,1-6H3,(H-,64,66,68,69)/b13-10-,22-19-,30-28-,33-32-,36-35-,54-51+. The first kappa shape index (κ1) is 70.5. The summed E-state index contributed by atoms with van der Waals surface area (Å²) in [6.07, 6.45) is 67.2. The maximum Gasteiger partial charge on any atom is 0.306 e. The highest BCUT2D eigenvalue weighted by molar-refractivity contribution is 7.45. The van der Waals surface area contributed by atoms with Crippen molar-refractivity contribution < 1.29 is 37.3 Å². The molecule has 73 heavy (non-hydrogen) atoms. The number of esters is 1. The molecule has 0 heterocycles. The number of carbonyl (C=O) groups is 2. The summed E-state index contributed by atoms with van der Waals surface area (Å²) in [4.78, 5) is 39.9. The second kappa shape index (κ2) is 52.9. The molecule has 3 atom stereocenters. The average molecular weight is 1040 g/mol. The van der Waals surface area contributed by atoms with Gasteiger partial charge in [-0.3, -0.25) is 14.2 Å². The van der Waals surface area contributed by atoms with Crippen LogP contribution in [0.5, 0.6) is 0 Å². The second-order valence-corrected chi connectivity index (χ2v) is 22.9. The lowest BCUT2D eigenvalue weighted by atomic mass is 10.0. The molecule has 10 heteroatoms. The quantitative estimate of drug-likeness (QED) is 0.0212. The summed E-state index contributed by atoms with van der Waals surface area (Å²) < 4.78 is 30.3. The van der Waals surface area contributed by atoms with Crippen molar-refractivity contribution in [2.45, 2.75) is 277 Å². The third kappa shape index (κ3) is 54.1. The molecule has 1 N–H and O–H groups in total. The number of likely N-dealkylation sites (N-methyl/N-ethyl adjacent to an activating group) is 1. The van der Waals surface area contributed by atoms with Crippen LogP contribution in [0, 0.1) is 0 Å². The van der Waals surface area contributed by atoms with Gasteiger partial charge < -0.3 is 28.5 Å². The molecule has 0 saturated carbocycles. The van der Waals surface area contributed by atoms with E-state index in [0.29, 0.717) is 23.9 Å². The van der Waals surface area contributed by atoms with E-state index >= 15 is 0 Å². The number of nitrogens with one attached hydrogen (secondary N) is 1. The van der Waals surface area contributed by atoms with Gasteiger partial charge in [0.2, 0.25) is 5.91 Å². The Kier molecular flexibility index (Phi) is 51.0. The summed E-state index contributed by atoms with van der Waals surface area (Å²) in [7, 11) is 1.17. The highest BCUT2D eigenvalue weighted by atomic mass is 31.2. The Morgan fingerprint density at radius 1 is 0.493 bits per heavy atom. The zero-order valence-electron chi connectivity index (χ0n) is 48.3. The minimum atomic E-state index is -4.70. The summed E-state index contributed by atoms with van der Waals surface area (Å²) in [5.74, 6) is -0.559. The molecule has 9 nitrogen and oxygen atoms in total. The van der Waals surface area contributed by atoms with Gasteiger partial charge >= 0.3 is 5.97 Å². The van der Waals surface area contributed by atoms with Gasteiger partial charge in [-0.1, -0.05) is 248 Å². The monoisotopic (exact) mass is 1040 g/mol. The van der Waals surface area contributed by atoms with E-state index in [1.807, 2.05) is 33.3 Å². The molecule has 0 radical (unpaired) electrons. The van der Waals surface area contributed by atoms with Gasteiger partial charge in [-0.15, -0.1) is 0 Å². The lowest BCUT2D eigenvalue weighted by molar-refractivity contribution is -0.870. The molecule has 0 fully saturated rings. The largest absolute Gasteiger partial charge is 0.756 e. The first-order valence-corrected chi connectivity index (χ1v) is 31.7. The lowest BCUT2D eigenvalue weighted by Gasteiger charge is -2.30. The number of hydrogen-bond donors (Lipinski definition) is 1. The number of hydrogen-bond acceptors (Lipinski definition) is 7. The molecular weight excluding hydrogens is 928 g/mol. The van der Waals surface area contributed by atoms with Crippen LogP contribution in [0.2, 0.25) is 0 Å². The number of quaternary nitrogens is 1. The summed E-state index contributed by atoms with van der Waals surface area (Å²) in [6.45, 7) is 6.72. The predicted octanol–water partition coefficient (Wildman–Crippen LogP) is 17.8. The van der Waals surface area contributed by atoms with Crippen LogP contribution in [0.1, 0.15) is 265 Å². The van der Waals surface area contributed by atoms with Gasteiger partial charge in [0.05, 0.1) is 33.8 Å². The SMILES string of the molecule is CC/C=C\C/C=C\C/C=C\C/C=C\C/C=C\CCCCCCCC(=O)OC(/C=C/CCCCCCCCCCCC)C(COP(=O)([O-])OCC[N+](C)(C)C)NC(=O)CCCCCCCCCCCCCCCC. The highest BCUT2D eigenvalue weighted by Gasteiger charge is 2.27. The first-order valence-electron chi connectivity index (χ1n) is 30.2. The molecule has 424 valence electrons. The number of ether oxygens (including phenoxy) is 1. The molecule has 0 saturated heterocycles. The van der Waals surface area contributed by atoms with Crippen LogP contribution < -0.4 is 10.2 Å². The number of carbonyl (C=O) groups excluding carboxylic acids is 2. The second-order valence-electron chi connectivity index (χ2n) is 21.5. The predicted molar refractivity (Wildman–Crippen MR) is 312 cm³/mol. The molecule has 0 aliphatic rings. The highest BCUT2D eigenvalue weighted by Crippen LogP contribution is 2.38. The fourth-order valence-corrected chi connectivity index (χ4v) is 9.21. The van der Waals surface area contributed by atoms with Crippen molar-refractivity contribution in [3.8, 4) is 0 Å². The van der Waals surface area contributed by atoms with Crippen LogP contribution in [-0.4, -0.2) is 69.4 Å². The number of phosphoric acid groups is 1. The van der Waals surface area contributed by atoms with Crippen LogP contribution in [0.15, 0.2) is 72.9 Å². The minimum absolute atomic E-state index is 0.0268. The van der Waals surface area contributed by atoms with Crippen molar-refractivity contribution in [2.75, 3.05) is 40.9 Å². The zero-order valence-corrected chi connectivity index (χ0v) is 49.2. The van der Waals surface area contributed by atoms with Crippen molar-refractivity contribution >= 4 is 19.7 Å². The van der Waals surface area contributed by atoms with Gasteiger partial charge in [0.1, 0.15) is 19.3 Å². The fraction of sp³-hybridized carbons (Fsp3) is 0.778. The first-order chi connectivity index (χ1) is 35.4. The van der Waals surface area contributed by atoms with E-state index in [4.69, 9.17) is 13.8 Å². The van der Waals surface area contributed by atoms with E-state index in [-0.39, 0.29) is 24.9 Å². The van der Waals surface area contributed by atoms with Crippen LogP contribution in [0.4, 0.5) is 0 Å². The Hall–Kier alpha value is -2.55. The maximum atomic E-state index is 13.5. The molecule has 1 amide bonds. The molecule has 0 bridgehead atoms.